The monoisotopic (exact) mass is 218 g/mol. The van der Waals surface area contributed by atoms with Crippen LogP contribution in [0, 0.1) is 0 Å². The van der Waals surface area contributed by atoms with Crippen LogP contribution in [0.15, 0.2) is 0 Å². The van der Waals surface area contributed by atoms with Gasteiger partial charge in [0.25, 0.3) is 0 Å². The average Bonchev–Trinajstić information content (AvgIpc) is 2.41. The highest BCUT2D eigenvalue weighted by atomic mass is 35.5. The molecule has 0 amide bonds. The minimum absolute atomic E-state index is 0.0773. The smallest absolute Gasteiger partial charge is 0.358 e. The predicted molar refractivity (Wildman–Crippen MR) is 46.5 cm³/mol. The molecule has 0 aromatic carbocycles. The maximum Gasteiger partial charge on any atom is 0.358 e. The number of esters is 1. The van der Waals surface area contributed by atoms with Crippen LogP contribution >= 0.6 is 11.6 Å². The molecule has 6 nitrogen and oxygen atoms in total. The maximum atomic E-state index is 11.1. The van der Waals surface area contributed by atoms with E-state index in [4.69, 9.17) is 16.7 Å². The molecule has 76 valence electrons. The number of carbonyl (C=O) groups is 2. The van der Waals surface area contributed by atoms with Gasteiger partial charge in [-0.25, -0.2) is 9.59 Å². The van der Waals surface area contributed by atoms with Crippen molar-refractivity contribution in [1.29, 1.82) is 0 Å². The first-order chi connectivity index (χ1) is 6.49. The van der Waals surface area contributed by atoms with E-state index in [2.05, 4.69) is 9.84 Å². The fourth-order valence-electron chi connectivity index (χ4n) is 0.953. The Labute approximate surface area is 84.0 Å². The van der Waals surface area contributed by atoms with E-state index in [1.165, 1.54) is 14.2 Å². The zero-order valence-electron chi connectivity index (χ0n) is 7.44. The van der Waals surface area contributed by atoms with Gasteiger partial charge in [-0.1, -0.05) is 11.6 Å². The van der Waals surface area contributed by atoms with Crippen molar-refractivity contribution in [2.75, 3.05) is 7.11 Å². The summed E-state index contributed by atoms with van der Waals surface area (Å²) in [6.07, 6.45) is 0. The molecule has 0 radical (unpaired) electrons. The fourth-order valence-corrected chi connectivity index (χ4v) is 1.27. The summed E-state index contributed by atoms with van der Waals surface area (Å²) in [7, 11) is 2.58. The van der Waals surface area contributed by atoms with Gasteiger partial charge in [0.1, 0.15) is 5.02 Å². The number of aromatic carboxylic acids is 1. The first kappa shape index (κ1) is 10.5. The lowest BCUT2D eigenvalue weighted by Crippen LogP contribution is -2.08. The summed E-state index contributed by atoms with van der Waals surface area (Å²) in [6, 6.07) is 0. The molecule has 1 aromatic heterocycles. The van der Waals surface area contributed by atoms with Gasteiger partial charge >= 0.3 is 11.9 Å². The van der Waals surface area contributed by atoms with E-state index < -0.39 is 11.9 Å². The van der Waals surface area contributed by atoms with Crippen LogP contribution in [0.2, 0.25) is 5.02 Å². The first-order valence-electron chi connectivity index (χ1n) is 3.53. The SMILES string of the molecule is COC(=O)c1c(Cl)c(C(=O)O)nn1C. The fraction of sp³-hybridized carbons (Fsp3) is 0.286. The second kappa shape index (κ2) is 3.67. The number of methoxy groups -OCH3 is 1. The molecule has 0 saturated heterocycles. The number of carbonyl (C=O) groups excluding carboxylic acids is 1. The summed E-state index contributed by atoms with van der Waals surface area (Å²) < 4.78 is 5.48. The van der Waals surface area contributed by atoms with Gasteiger partial charge in [0.05, 0.1) is 7.11 Å². The van der Waals surface area contributed by atoms with E-state index in [9.17, 15) is 9.59 Å². The van der Waals surface area contributed by atoms with Crippen LogP contribution in [0.5, 0.6) is 0 Å². The topological polar surface area (TPSA) is 81.4 Å². The van der Waals surface area contributed by atoms with Gasteiger partial charge in [-0.3, -0.25) is 4.68 Å². The van der Waals surface area contributed by atoms with Gasteiger partial charge in [0, 0.05) is 7.05 Å². The summed E-state index contributed by atoms with van der Waals surface area (Å²) in [5.41, 5.74) is -0.443. The summed E-state index contributed by atoms with van der Waals surface area (Å²) in [5, 5.41) is 12.0. The number of aryl methyl sites for hydroxylation is 1. The molecular formula is C7H7ClN2O4. The molecule has 0 fully saturated rings. The van der Waals surface area contributed by atoms with Gasteiger partial charge in [-0.05, 0) is 0 Å². The van der Waals surface area contributed by atoms with Gasteiger partial charge in [0.2, 0.25) is 0 Å². The Kier molecular flexibility index (Phi) is 2.76. The van der Waals surface area contributed by atoms with E-state index in [0.717, 1.165) is 4.68 Å². The Hall–Kier alpha value is -1.56. The third-order valence-corrected chi connectivity index (χ3v) is 1.93. The highest BCUT2D eigenvalue weighted by Gasteiger charge is 2.24. The zero-order chi connectivity index (χ0) is 10.9. The number of nitrogens with zero attached hydrogens (tertiary/aromatic N) is 2. The Bertz CT molecular complexity index is 399. The quantitative estimate of drug-likeness (QED) is 0.734. The molecule has 14 heavy (non-hydrogen) atoms. The molecule has 1 N–H and O–H groups in total. The third-order valence-electron chi connectivity index (χ3n) is 1.57. The van der Waals surface area contributed by atoms with E-state index in [1.54, 1.807) is 0 Å². The lowest BCUT2D eigenvalue weighted by molar-refractivity contribution is 0.0588. The first-order valence-corrected chi connectivity index (χ1v) is 3.91. The lowest BCUT2D eigenvalue weighted by atomic mass is 10.3. The van der Waals surface area contributed by atoms with Crippen LogP contribution in [0.3, 0.4) is 0 Å². The molecule has 1 heterocycles. The molecule has 1 aromatic rings. The van der Waals surface area contributed by atoms with Crippen molar-refractivity contribution in [3.63, 3.8) is 0 Å². The molecule has 0 unspecified atom stereocenters. The second-order valence-corrected chi connectivity index (χ2v) is 2.81. The molecule has 0 spiro atoms. The van der Waals surface area contributed by atoms with Crippen LogP contribution < -0.4 is 0 Å². The zero-order valence-corrected chi connectivity index (χ0v) is 8.20. The standard InChI is InChI=1S/C7H7ClN2O4/c1-10-5(7(13)14-2)3(8)4(9-10)6(11)12/h1-2H3,(H,11,12). The van der Waals surface area contributed by atoms with E-state index in [-0.39, 0.29) is 16.4 Å². The van der Waals surface area contributed by atoms with Crippen molar-refractivity contribution in [3.05, 3.63) is 16.4 Å². The number of hydrogen-bond donors (Lipinski definition) is 1. The minimum atomic E-state index is -1.29. The third kappa shape index (κ3) is 1.56. The van der Waals surface area contributed by atoms with Crippen molar-refractivity contribution in [3.8, 4) is 0 Å². The van der Waals surface area contributed by atoms with Crippen molar-refractivity contribution in [1.82, 2.24) is 9.78 Å². The molecule has 7 heteroatoms. The molecule has 0 atom stereocenters. The number of hydrogen-bond acceptors (Lipinski definition) is 4. The molecule has 0 saturated carbocycles. The van der Waals surface area contributed by atoms with Crippen molar-refractivity contribution in [2.24, 2.45) is 7.05 Å². The van der Waals surface area contributed by atoms with Crippen LogP contribution in [0.1, 0.15) is 21.0 Å². The molecule has 0 aliphatic carbocycles. The van der Waals surface area contributed by atoms with Gasteiger partial charge < -0.3 is 9.84 Å². The molecule has 0 aliphatic heterocycles. The number of carboxylic acids is 1. The summed E-state index contributed by atoms with van der Waals surface area (Å²) in [4.78, 5) is 21.7. The van der Waals surface area contributed by atoms with E-state index in [0.29, 0.717) is 0 Å². The molecule has 0 bridgehead atoms. The minimum Gasteiger partial charge on any atom is -0.476 e. The normalized spacial score (nSPS) is 9.93. The Morgan fingerprint density at radius 2 is 2.14 bits per heavy atom. The largest absolute Gasteiger partial charge is 0.476 e. The number of rotatable bonds is 2. The molecule has 1 rings (SSSR count). The van der Waals surface area contributed by atoms with Gasteiger partial charge in [-0.15, -0.1) is 0 Å². The number of carboxylic acid groups (broad SMARTS) is 1. The van der Waals surface area contributed by atoms with Crippen molar-refractivity contribution < 1.29 is 19.4 Å². The Morgan fingerprint density at radius 3 is 2.50 bits per heavy atom. The number of ether oxygens (including phenoxy) is 1. The summed E-state index contributed by atoms with van der Waals surface area (Å²) in [5.74, 6) is -2.02. The molecule has 0 aliphatic rings. The molecular weight excluding hydrogens is 212 g/mol. The van der Waals surface area contributed by atoms with Gasteiger partial charge in [-0.2, -0.15) is 5.10 Å². The van der Waals surface area contributed by atoms with Crippen LogP contribution in [0.4, 0.5) is 0 Å². The van der Waals surface area contributed by atoms with Crippen LogP contribution in [0.25, 0.3) is 0 Å². The van der Waals surface area contributed by atoms with E-state index in [1.807, 2.05) is 0 Å². The predicted octanol–water partition coefficient (Wildman–Crippen LogP) is 0.558. The maximum absolute atomic E-state index is 11.1. The Morgan fingerprint density at radius 1 is 1.57 bits per heavy atom. The van der Waals surface area contributed by atoms with Gasteiger partial charge in [0.15, 0.2) is 11.4 Å². The summed E-state index contributed by atoms with van der Waals surface area (Å²) in [6.45, 7) is 0. The Balaban J connectivity index is 3.31. The number of aromatic nitrogens is 2. The van der Waals surface area contributed by atoms with Crippen molar-refractivity contribution in [2.45, 2.75) is 0 Å². The van der Waals surface area contributed by atoms with Crippen molar-refractivity contribution >= 4 is 23.5 Å². The highest BCUT2D eigenvalue weighted by molar-refractivity contribution is 6.35. The van der Waals surface area contributed by atoms with E-state index >= 15 is 0 Å². The lowest BCUT2D eigenvalue weighted by Gasteiger charge is -1.98. The van der Waals surface area contributed by atoms with Crippen LogP contribution in [-0.4, -0.2) is 33.9 Å². The second-order valence-electron chi connectivity index (χ2n) is 2.43. The summed E-state index contributed by atoms with van der Waals surface area (Å²) >= 11 is 5.63. The average molecular weight is 219 g/mol. The number of halogens is 1. The van der Waals surface area contributed by atoms with Crippen LogP contribution in [-0.2, 0) is 11.8 Å². The highest BCUT2D eigenvalue weighted by Crippen LogP contribution is 2.20.